The molecule has 0 heterocycles. The van der Waals surface area contributed by atoms with Gasteiger partial charge in [-0.25, -0.2) is 17.6 Å². The Morgan fingerprint density at radius 2 is 1.21 bits per heavy atom. The summed E-state index contributed by atoms with van der Waals surface area (Å²) in [5, 5.41) is 21.2. The van der Waals surface area contributed by atoms with Crippen molar-refractivity contribution in [3.05, 3.63) is 57.7 Å². The molecule has 2 aromatic rings. The number of aliphatic hydroxyl groups is 1. The number of carboxylic acid groups (broad SMARTS) is 1. The van der Waals surface area contributed by atoms with E-state index in [1.54, 1.807) is 13.8 Å². The van der Waals surface area contributed by atoms with Crippen LogP contribution in [0.1, 0.15) is 89.7 Å². The van der Waals surface area contributed by atoms with Gasteiger partial charge in [-0.05, 0) is 91.8 Å². The molecule has 6 rings (SSSR count). The van der Waals surface area contributed by atoms with Crippen LogP contribution in [-0.2, 0) is 17.1 Å². The number of fused-ring (bicyclic) bond motifs is 5. The van der Waals surface area contributed by atoms with Crippen LogP contribution in [0, 0.1) is 92.9 Å². The molecule has 4 aliphatic carbocycles. The van der Waals surface area contributed by atoms with Crippen molar-refractivity contribution in [3.63, 3.8) is 0 Å². The second-order valence-electron chi connectivity index (χ2n) is 16.5. The van der Waals surface area contributed by atoms with E-state index >= 15 is 8.78 Å². The summed E-state index contributed by atoms with van der Waals surface area (Å²) >= 11 is 0. The number of hydrogen-bond donors (Lipinski definition) is 2. The molecule has 4 aliphatic rings. The lowest BCUT2D eigenvalue weighted by Crippen LogP contribution is -2.63. The summed E-state index contributed by atoms with van der Waals surface area (Å²) in [6.45, 7) is 5.36. The molecule has 5 nitrogen and oxygen atoms in total. The van der Waals surface area contributed by atoms with Crippen molar-refractivity contribution in [1.82, 2.24) is 0 Å². The van der Waals surface area contributed by atoms with E-state index in [0.717, 1.165) is 0 Å². The minimum absolute atomic E-state index is 0.0164. The molecule has 2 aromatic carbocycles. The molecule has 0 saturated heterocycles. The van der Waals surface area contributed by atoms with E-state index in [1.165, 1.54) is 0 Å². The quantitative estimate of drug-likeness (QED) is 0.205. The number of carboxylic acids is 1. The Hall–Kier alpha value is -3.51. The zero-order valence-electron chi connectivity index (χ0n) is 30.5. The Kier molecular flexibility index (Phi) is 11.1. The van der Waals surface area contributed by atoms with Crippen LogP contribution in [0.2, 0.25) is 0 Å². The van der Waals surface area contributed by atoms with Crippen molar-refractivity contribution >= 4 is 5.97 Å². The Bertz CT molecular complexity index is 1860. The van der Waals surface area contributed by atoms with Gasteiger partial charge in [-0.3, -0.25) is 4.79 Å². The summed E-state index contributed by atoms with van der Waals surface area (Å²) in [6, 6.07) is 0. The van der Waals surface area contributed by atoms with E-state index in [-0.39, 0.29) is 56.8 Å². The monoisotopic (exact) mass is 840 g/mol. The SMILES string of the molecule is C[C@H](CCC(=O)O)[C@H]1CC[C@H]2[C@@H]3[C@H](Oc4c(F)c(F)c(C(F)(F)F)c(F)c4F)C[C@@H]4C[C@H](Oc5c(F)c(F)c(C(F)(F)F)c(F)c5F)CC[C@]4(C)[C@H]3C[C@H](O)[C@]12C. The minimum Gasteiger partial charge on any atom is -0.484 e. The van der Waals surface area contributed by atoms with E-state index < -0.39 is 140 Å². The van der Waals surface area contributed by atoms with Crippen LogP contribution in [0.5, 0.6) is 11.5 Å². The summed E-state index contributed by atoms with van der Waals surface area (Å²) in [5.74, 6) is -28.9. The molecule has 0 aromatic heterocycles. The maximum atomic E-state index is 15.4. The van der Waals surface area contributed by atoms with Crippen molar-refractivity contribution in [2.75, 3.05) is 0 Å². The first-order chi connectivity index (χ1) is 26.3. The molecule has 4 fully saturated rings. The largest absolute Gasteiger partial charge is 0.484 e. The Balaban J connectivity index is 1.40. The molecule has 57 heavy (non-hydrogen) atoms. The Morgan fingerprint density at radius 3 is 1.68 bits per heavy atom. The zero-order chi connectivity index (χ0) is 42.5. The van der Waals surface area contributed by atoms with E-state index in [4.69, 9.17) is 9.47 Å². The highest BCUT2D eigenvalue weighted by atomic mass is 19.4. The van der Waals surface area contributed by atoms with Gasteiger partial charge in [-0.2, -0.15) is 43.9 Å². The second-order valence-corrected chi connectivity index (χ2v) is 16.5. The van der Waals surface area contributed by atoms with Crippen LogP contribution >= 0.6 is 0 Å². The predicted octanol–water partition coefficient (Wildman–Crippen LogP) is 10.8. The lowest BCUT2D eigenvalue weighted by molar-refractivity contribution is -0.202. The highest BCUT2D eigenvalue weighted by molar-refractivity contribution is 5.66. The fourth-order valence-electron chi connectivity index (χ4n) is 11.1. The third-order valence-corrected chi connectivity index (χ3v) is 13.9. The maximum absolute atomic E-state index is 15.4. The molecule has 2 N–H and O–H groups in total. The summed E-state index contributed by atoms with van der Waals surface area (Å²) in [5.41, 5.74) is -7.52. The normalized spacial score (nSPS) is 33.3. The van der Waals surface area contributed by atoms with Gasteiger partial charge in [0, 0.05) is 12.3 Å². The van der Waals surface area contributed by atoms with Gasteiger partial charge >= 0.3 is 18.3 Å². The van der Waals surface area contributed by atoms with Gasteiger partial charge in [0.25, 0.3) is 0 Å². The maximum Gasteiger partial charge on any atom is 0.422 e. The molecule has 318 valence electrons. The second kappa shape index (κ2) is 14.6. The van der Waals surface area contributed by atoms with Crippen LogP contribution < -0.4 is 9.47 Å². The molecule has 4 saturated carbocycles. The molecular weight excluding hydrogens is 802 g/mol. The molecule has 0 bridgehead atoms. The highest BCUT2D eigenvalue weighted by Gasteiger charge is 2.67. The number of aliphatic hydroxyl groups excluding tert-OH is 1. The number of hydrogen-bond acceptors (Lipinski definition) is 4. The summed E-state index contributed by atoms with van der Waals surface area (Å²) in [7, 11) is 0. The van der Waals surface area contributed by atoms with Crippen molar-refractivity contribution in [2.24, 2.45) is 46.3 Å². The standard InChI is InChI=1S/C38H38F14O5/c1-13(4-7-21(54)55)16-5-6-17-22-18(12-20(53)36(16,17)3)35(2)9-8-15(56-33-29(43)25(39)23(37(47,48)49)26(40)30(33)44)10-14(35)11-19(22)57-34-31(45)27(41)24(38(50,51)52)28(42)32(34)46/h13-20,22,53H,4-12H2,1-3H3,(H,54,55)/t13-,14+,15-,16-,17+,18+,19-,20+,22+,35+,36-/m1/s1. The van der Waals surface area contributed by atoms with Crippen LogP contribution in [0.25, 0.3) is 0 Å². The molecule has 0 aliphatic heterocycles. The van der Waals surface area contributed by atoms with E-state index in [9.17, 15) is 67.7 Å². The van der Waals surface area contributed by atoms with Crippen molar-refractivity contribution in [2.45, 2.75) is 109 Å². The van der Waals surface area contributed by atoms with Crippen LogP contribution in [0.3, 0.4) is 0 Å². The van der Waals surface area contributed by atoms with Crippen molar-refractivity contribution in [1.29, 1.82) is 0 Å². The molecule has 0 unspecified atom stereocenters. The number of carbonyl (C=O) groups is 1. The predicted molar refractivity (Wildman–Crippen MR) is 169 cm³/mol. The van der Waals surface area contributed by atoms with Gasteiger partial charge in [0.15, 0.2) is 34.8 Å². The fraction of sp³-hybridized carbons (Fsp3) is 0.658. The van der Waals surface area contributed by atoms with Crippen molar-refractivity contribution < 1.29 is 85.9 Å². The Morgan fingerprint density at radius 1 is 0.719 bits per heavy atom. The smallest absolute Gasteiger partial charge is 0.422 e. The number of aliphatic carboxylic acids is 1. The lowest BCUT2D eigenvalue weighted by Gasteiger charge is -2.64. The van der Waals surface area contributed by atoms with Gasteiger partial charge in [-0.1, -0.05) is 20.8 Å². The first kappa shape index (κ1) is 43.1. The molecule has 0 radical (unpaired) electrons. The summed E-state index contributed by atoms with van der Waals surface area (Å²) < 4.78 is 210. The third kappa shape index (κ3) is 6.98. The van der Waals surface area contributed by atoms with Gasteiger partial charge in [0.2, 0.25) is 23.3 Å². The van der Waals surface area contributed by atoms with Gasteiger partial charge < -0.3 is 19.7 Å². The number of halogens is 14. The number of rotatable bonds is 8. The van der Waals surface area contributed by atoms with Gasteiger partial charge in [-0.15, -0.1) is 0 Å². The van der Waals surface area contributed by atoms with E-state index in [2.05, 4.69) is 0 Å². The summed E-state index contributed by atoms with van der Waals surface area (Å²) in [6.07, 6.45) is -15.3. The molecule has 11 atom stereocenters. The Labute approximate surface area is 316 Å². The van der Waals surface area contributed by atoms with Crippen molar-refractivity contribution in [3.8, 4) is 11.5 Å². The topological polar surface area (TPSA) is 76.0 Å². The van der Waals surface area contributed by atoms with Crippen LogP contribution in [0.4, 0.5) is 61.5 Å². The van der Waals surface area contributed by atoms with Gasteiger partial charge in [0.1, 0.15) is 17.2 Å². The minimum atomic E-state index is -5.85. The average Bonchev–Trinajstić information content (AvgIpc) is 3.47. The average molecular weight is 841 g/mol. The van der Waals surface area contributed by atoms with E-state index in [1.807, 2.05) is 6.92 Å². The molecule has 19 heteroatoms. The molecule has 0 amide bonds. The number of ether oxygens (including phenoxy) is 2. The molecule has 0 spiro atoms. The van der Waals surface area contributed by atoms with Crippen LogP contribution in [-0.4, -0.2) is 34.5 Å². The van der Waals surface area contributed by atoms with Gasteiger partial charge in [0.05, 0.1) is 12.2 Å². The number of alkyl halides is 6. The summed E-state index contributed by atoms with van der Waals surface area (Å²) in [4.78, 5) is 11.4. The molecular formula is C38H38F14O5. The highest BCUT2D eigenvalue weighted by Crippen LogP contribution is 2.69. The zero-order valence-corrected chi connectivity index (χ0v) is 30.5. The first-order valence-corrected chi connectivity index (χ1v) is 18.4. The van der Waals surface area contributed by atoms with Crippen LogP contribution in [0.15, 0.2) is 0 Å². The lowest BCUT2D eigenvalue weighted by atomic mass is 9.43. The fourth-order valence-corrected chi connectivity index (χ4v) is 11.1. The van der Waals surface area contributed by atoms with E-state index in [0.29, 0.717) is 12.8 Å². The first-order valence-electron chi connectivity index (χ1n) is 18.4. The third-order valence-electron chi connectivity index (χ3n) is 13.9. The number of benzene rings is 2.